The van der Waals surface area contributed by atoms with Crippen LogP contribution in [0.25, 0.3) is 0 Å². The SMILES string of the molecule is O=C(c1cccc(S(=O)(=O)N2CCOCC2)c1)N(Cc1ccc(F)cc1)C1CCCCC1. The van der Waals surface area contributed by atoms with Crippen LogP contribution in [-0.4, -0.2) is 55.9 Å². The minimum Gasteiger partial charge on any atom is -0.379 e. The summed E-state index contributed by atoms with van der Waals surface area (Å²) in [6, 6.07) is 12.6. The number of rotatable bonds is 6. The summed E-state index contributed by atoms with van der Waals surface area (Å²) in [4.78, 5) is 15.5. The Hall–Kier alpha value is -2.29. The molecule has 1 aliphatic heterocycles. The Balaban J connectivity index is 1.61. The Kier molecular flexibility index (Phi) is 7.23. The highest BCUT2D eigenvalue weighted by molar-refractivity contribution is 7.89. The molecule has 4 rings (SSSR count). The molecule has 1 saturated heterocycles. The summed E-state index contributed by atoms with van der Waals surface area (Å²) in [5.74, 6) is -0.509. The van der Waals surface area contributed by atoms with E-state index in [1.54, 1.807) is 24.3 Å². The van der Waals surface area contributed by atoms with Crippen molar-refractivity contribution in [3.63, 3.8) is 0 Å². The highest BCUT2D eigenvalue weighted by Crippen LogP contribution is 2.27. The predicted molar refractivity (Wildman–Crippen MR) is 119 cm³/mol. The second-order valence-corrected chi connectivity index (χ2v) is 10.3. The molecule has 0 N–H and O–H groups in total. The van der Waals surface area contributed by atoms with Crippen LogP contribution in [0.15, 0.2) is 53.4 Å². The number of carbonyl (C=O) groups is 1. The Morgan fingerprint density at radius 2 is 1.72 bits per heavy atom. The van der Waals surface area contributed by atoms with Gasteiger partial charge in [0.05, 0.1) is 18.1 Å². The molecule has 32 heavy (non-hydrogen) atoms. The molecule has 1 amide bonds. The minimum atomic E-state index is -3.69. The van der Waals surface area contributed by atoms with Crippen molar-refractivity contribution in [3.8, 4) is 0 Å². The highest BCUT2D eigenvalue weighted by Gasteiger charge is 2.30. The van der Waals surface area contributed by atoms with E-state index in [0.717, 1.165) is 37.7 Å². The average Bonchev–Trinajstić information content (AvgIpc) is 2.84. The minimum absolute atomic E-state index is 0.0841. The van der Waals surface area contributed by atoms with Crippen molar-refractivity contribution in [2.75, 3.05) is 26.3 Å². The van der Waals surface area contributed by atoms with Gasteiger partial charge in [0.25, 0.3) is 5.91 Å². The molecule has 0 aromatic heterocycles. The number of halogens is 1. The van der Waals surface area contributed by atoms with Crippen LogP contribution in [0.3, 0.4) is 0 Å². The first-order chi connectivity index (χ1) is 15.4. The van der Waals surface area contributed by atoms with Crippen LogP contribution < -0.4 is 0 Å². The molecule has 2 aliphatic rings. The lowest BCUT2D eigenvalue weighted by Crippen LogP contribution is -2.41. The number of sulfonamides is 1. The molecule has 1 heterocycles. The lowest BCUT2D eigenvalue weighted by molar-refractivity contribution is 0.0614. The number of benzene rings is 2. The fraction of sp³-hybridized carbons (Fsp3) is 0.458. The summed E-state index contributed by atoms with van der Waals surface area (Å²) < 4.78 is 46.2. The summed E-state index contributed by atoms with van der Waals surface area (Å²) in [5.41, 5.74) is 1.20. The maximum absolute atomic E-state index is 13.6. The third kappa shape index (κ3) is 5.19. The van der Waals surface area contributed by atoms with Gasteiger partial charge in [-0.05, 0) is 48.7 Å². The standard InChI is InChI=1S/C24H29FN2O4S/c25-21-11-9-19(10-12-21)18-27(22-6-2-1-3-7-22)24(28)20-5-4-8-23(17-20)32(29,30)26-13-15-31-16-14-26/h4-5,8-12,17,22H,1-3,6-7,13-16,18H2. The van der Waals surface area contributed by atoms with Gasteiger partial charge >= 0.3 is 0 Å². The van der Waals surface area contributed by atoms with E-state index in [9.17, 15) is 17.6 Å². The highest BCUT2D eigenvalue weighted by atomic mass is 32.2. The molecule has 2 aromatic carbocycles. The van der Waals surface area contributed by atoms with E-state index in [0.29, 0.717) is 38.4 Å². The van der Waals surface area contributed by atoms with Crippen LogP contribution in [0, 0.1) is 5.82 Å². The molecule has 1 aliphatic carbocycles. The molecule has 8 heteroatoms. The van der Waals surface area contributed by atoms with E-state index in [2.05, 4.69) is 0 Å². The van der Waals surface area contributed by atoms with Gasteiger partial charge in [0.2, 0.25) is 10.0 Å². The van der Waals surface area contributed by atoms with E-state index in [1.165, 1.54) is 28.6 Å². The van der Waals surface area contributed by atoms with Gasteiger partial charge in [-0.25, -0.2) is 12.8 Å². The van der Waals surface area contributed by atoms with E-state index in [1.807, 2.05) is 4.90 Å². The lowest BCUT2D eigenvalue weighted by atomic mass is 9.93. The smallest absolute Gasteiger partial charge is 0.254 e. The molecule has 0 radical (unpaired) electrons. The Labute approximate surface area is 189 Å². The third-order valence-electron chi connectivity index (χ3n) is 6.23. The number of hydrogen-bond acceptors (Lipinski definition) is 4. The van der Waals surface area contributed by atoms with Gasteiger partial charge in [0, 0.05) is 31.2 Å². The molecule has 0 atom stereocenters. The van der Waals surface area contributed by atoms with Gasteiger partial charge in [-0.2, -0.15) is 4.31 Å². The summed E-state index contributed by atoms with van der Waals surface area (Å²) in [7, 11) is -3.69. The molecular formula is C24H29FN2O4S. The summed E-state index contributed by atoms with van der Waals surface area (Å²) >= 11 is 0. The largest absolute Gasteiger partial charge is 0.379 e. The van der Waals surface area contributed by atoms with Crippen molar-refractivity contribution < 1.29 is 22.3 Å². The van der Waals surface area contributed by atoms with Crippen LogP contribution in [0.2, 0.25) is 0 Å². The monoisotopic (exact) mass is 460 g/mol. The van der Waals surface area contributed by atoms with Crippen LogP contribution in [-0.2, 0) is 21.3 Å². The number of carbonyl (C=O) groups excluding carboxylic acids is 1. The molecule has 2 aromatic rings. The predicted octanol–water partition coefficient (Wildman–Crippen LogP) is 3.82. The van der Waals surface area contributed by atoms with Gasteiger partial charge < -0.3 is 9.64 Å². The number of amides is 1. The molecule has 6 nitrogen and oxygen atoms in total. The Morgan fingerprint density at radius 3 is 2.41 bits per heavy atom. The van der Waals surface area contributed by atoms with Crippen molar-refractivity contribution in [1.29, 1.82) is 0 Å². The van der Waals surface area contributed by atoms with Crippen LogP contribution in [0.4, 0.5) is 4.39 Å². The maximum atomic E-state index is 13.6. The van der Waals surface area contributed by atoms with Gasteiger partial charge in [0.1, 0.15) is 5.82 Å². The van der Waals surface area contributed by atoms with E-state index >= 15 is 0 Å². The van der Waals surface area contributed by atoms with E-state index < -0.39 is 10.0 Å². The fourth-order valence-electron chi connectivity index (χ4n) is 4.44. The first-order valence-corrected chi connectivity index (χ1v) is 12.6. The zero-order valence-corrected chi connectivity index (χ0v) is 18.9. The topological polar surface area (TPSA) is 66.9 Å². The lowest BCUT2D eigenvalue weighted by Gasteiger charge is -2.35. The van der Waals surface area contributed by atoms with Crippen LogP contribution in [0.5, 0.6) is 0 Å². The molecular weight excluding hydrogens is 431 g/mol. The number of hydrogen-bond donors (Lipinski definition) is 0. The second kappa shape index (κ2) is 10.1. The van der Waals surface area contributed by atoms with E-state index in [-0.39, 0.29) is 22.7 Å². The van der Waals surface area contributed by atoms with Gasteiger partial charge in [-0.15, -0.1) is 0 Å². The van der Waals surface area contributed by atoms with Crippen molar-refractivity contribution >= 4 is 15.9 Å². The zero-order valence-electron chi connectivity index (χ0n) is 18.1. The van der Waals surface area contributed by atoms with Crippen molar-refractivity contribution in [2.24, 2.45) is 0 Å². The van der Waals surface area contributed by atoms with Crippen molar-refractivity contribution in [2.45, 2.75) is 49.6 Å². The summed E-state index contributed by atoms with van der Waals surface area (Å²) in [6.45, 7) is 1.71. The average molecular weight is 461 g/mol. The molecule has 172 valence electrons. The molecule has 0 bridgehead atoms. The Bertz CT molecular complexity index is 1030. The number of nitrogens with zero attached hydrogens (tertiary/aromatic N) is 2. The molecule has 1 saturated carbocycles. The van der Waals surface area contributed by atoms with E-state index in [4.69, 9.17) is 4.74 Å². The van der Waals surface area contributed by atoms with Gasteiger partial charge in [-0.1, -0.05) is 37.5 Å². The molecule has 0 unspecified atom stereocenters. The van der Waals surface area contributed by atoms with Crippen LogP contribution in [0.1, 0.15) is 48.0 Å². The normalized spacial score (nSPS) is 18.4. The molecule has 2 fully saturated rings. The number of morpholine rings is 1. The van der Waals surface area contributed by atoms with Crippen molar-refractivity contribution in [1.82, 2.24) is 9.21 Å². The quantitative estimate of drug-likeness (QED) is 0.657. The number of ether oxygens (including phenoxy) is 1. The second-order valence-electron chi connectivity index (χ2n) is 8.40. The Morgan fingerprint density at radius 1 is 1.03 bits per heavy atom. The van der Waals surface area contributed by atoms with Gasteiger partial charge in [-0.3, -0.25) is 4.79 Å². The third-order valence-corrected chi connectivity index (χ3v) is 8.13. The maximum Gasteiger partial charge on any atom is 0.254 e. The summed E-state index contributed by atoms with van der Waals surface area (Å²) in [5, 5.41) is 0. The molecule has 0 spiro atoms. The first-order valence-electron chi connectivity index (χ1n) is 11.2. The van der Waals surface area contributed by atoms with Crippen molar-refractivity contribution in [3.05, 3.63) is 65.5 Å². The zero-order chi connectivity index (χ0) is 22.6. The summed E-state index contributed by atoms with van der Waals surface area (Å²) in [6.07, 6.45) is 5.10. The van der Waals surface area contributed by atoms with Gasteiger partial charge in [0.15, 0.2) is 0 Å². The fourth-order valence-corrected chi connectivity index (χ4v) is 5.89. The van der Waals surface area contributed by atoms with Crippen LogP contribution >= 0.6 is 0 Å². The first kappa shape index (κ1) is 22.9.